The van der Waals surface area contributed by atoms with Crippen LogP contribution < -0.4 is 14.7 Å². The zero-order valence-corrected chi connectivity index (χ0v) is 12.7. The second-order valence-electron chi connectivity index (χ2n) is 4.32. The summed E-state index contributed by atoms with van der Waals surface area (Å²) in [7, 11) is 3.76. The molecule has 6 nitrogen and oxygen atoms in total. The lowest BCUT2D eigenvalue weighted by atomic mass is 9.88. The predicted molar refractivity (Wildman–Crippen MR) is 81.3 cm³/mol. The van der Waals surface area contributed by atoms with E-state index >= 15 is 0 Å². The van der Waals surface area contributed by atoms with Crippen molar-refractivity contribution in [2.45, 2.75) is 13.4 Å². The second kappa shape index (κ2) is 8.33. The molecule has 1 rings (SSSR count). The molecule has 0 aliphatic heterocycles. The van der Waals surface area contributed by atoms with Crippen molar-refractivity contribution in [2.24, 2.45) is 0 Å². The Morgan fingerprint density at radius 1 is 1.29 bits per heavy atom. The zero-order valence-electron chi connectivity index (χ0n) is 12.7. The molecule has 1 aromatic rings. The summed E-state index contributed by atoms with van der Waals surface area (Å²) >= 11 is 0. The van der Waals surface area contributed by atoms with Crippen molar-refractivity contribution < 1.29 is 24.0 Å². The first-order valence-corrected chi connectivity index (χ1v) is 6.44. The Kier molecular flexibility index (Phi) is 6.77. The number of ether oxygens (including phenoxy) is 3. The standard InChI is InChI=1S/C14H20BNO5/c1-15(18)16-9-11-8-13(20-3)12(19-2)7-10(11)5-6-14(17)21-4/h5-8,16,18H,9H2,1-4H3/b6-5+. The molecule has 0 radical (unpaired) electrons. The van der Waals surface area contributed by atoms with E-state index in [-0.39, 0.29) is 0 Å². The van der Waals surface area contributed by atoms with Gasteiger partial charge in [0, 0.05) is 12.6 Å². The van der Waals surface area contributed by atoms with Gasteiger partial charge in [0.15, 0.2) is 11.5 Å². The fraction of sp³-hybridized carbons (Fsp3) is 0.357. The number of methoxy groups -OCH3 is 3. The van der Waals surface area contributed by atoms with E-state index in [0.717, 1.165) is 11.1 Å². The van der Waals surface area contributed by atoms with Crippen molar-refractivity contribution in [3.05, 3.63) is 29.3 Å². The highest BCUT2D eigenvalue weighted by Crippen LogP contribution is 2.31. The van der Waals surface area contributed by atoms with Gasteiger partial charge >= 0.3 is 13.0 Å². The molecule has 0 bridgehead atoms. The lowest BCUT2D eigenvalue weighted by Crippen LogP contribution is -2.30. The molecule has 0 spiro atoms. The molecule has 0 unspecified atom stereocenters. The summed E-state index contributed by atoms with van der Waals surface area (Å²) in [5.41, 5.74) is 1.62. The van der Waals surface area contributed by atoms with Crippen LogP contribution in [0, 0.1) is 0 Å². The van der Waals surface area contributed by atoms with Crippen LogP contribution in [0.5, 0.6) is 11.5 Å². The summed E-state index contributed by atoms with van der Waals surface area (Å²) in [6.07, 6.45) is 2.96. The van der Waals surface area contributed by atoms with Gasteiger partial charge in [-0.3, -0.25) is 0 Å². The number of nitrogens with one attached hydrogen (secondary N) is 1. The third-order valence-corrected chi connectivity index (χ3v) is 2.83. The molecule has 2 N–H and O–H groups in total. The molecular formula is C14H20BNO5. The first kappa shape index (κ1) is 17.1. The lowest BCUT2D eigenvalue weighted by molar-refractivity contribution is -0.134. The Hall–Kier alpha value is -1.99. The molecule has 0 aromatic heterocycles. The molecule has 1 aromatic carbocycles. The van der Waals surface area contributed by atoms with E-state index in [1.807, 2.05) is 0 Å². The summed E-state index contributed by atoms with van der Waals surface area (Å²) in [6, 6.07) is 3.56. The Bertz CT molecular complexity index is 516. The van der Waals surface area contributed by atoms with Gasteiger partial charge in [0.05, 0.1) is 21.3 Å². The third kappa shape index (κ3) is 5.13. The highest BCUT2D eigenvalue weighted by atomic mass is 16.5. The van der Waals surface area contributed by atoms with E-state index in [2.05, 4.69) is 9.96 Å². The minimum atomic E-state index is -0.643. The van der Waals surface area contributed by atoms with Crippen LogP contribution in [0.1, 0.15) is 11.1 Å². The molecule has 0 fully saturated rings. The Balaban J connectivity index is 3.16. The largest absolute Gasteiger partial charge is 0.493 e. The highest BCUT2D eigenvalue weighted by Gasteiger charge is 2.11. The van der Waals surface area contributed by atoms with Gasteiger partial charge in [-0.2, -0.15) is 0 Å². The van der Waals surface area contributed by atoms with Gasteiger partial charge in [-0.1, -0.05) is 0 Å². The van der Waals surface area contributed by atoms with Gasteiger partial charge in [-0.25, -0.2) is 4.79 Å². The number of carbonyl (C=O) groups is 1. The summed E-state index contributed by atoms with van der Waals surface area (Å²) in [6.45, 7) is 2.05. The van der Waals surface area contributed by atoms with Crippen molar-refractivity contribution in [3.8, 4) is 11.5 Å². The number of rotatable bonds is 7. The topological polar surface area (TPSA) is 77.0 Å². The van der Waals surface area contributed by atoms with Crippen LogP contribution in [0.2, 0.25) is 6.82 Å². The molecular weight excluding hydrogens is 273 g/mol. The van der Waals surface area contributed by atoms with Crippen LogP contribution in [-0.4, -0.2) is 39.4 Å². The fourth-order valence-electron chi connectivity index (χ4n) is 1.73. The van der Waals surface area contributed by atoms with E-state index in [1.165, 1.54) is 13.2 Å². The van der Waals surface area contributed by atoms with Gasteiger partial charge in [-0.05, 0) is 36.2 Å². The van der Waals surface area contributed by atoms with Crippen LogP contribution in [0.25, 0.3) is 6.08 Å². The third-order valence-electron chi connectivity index (χ3n) is 2.83. The fourth-order valence-corrected chi connectivity index (χ4v) is 1.73. The molecule has 0 aliphatic carbocycles. The van der Waals surface area contributed by atoms with E-state index in [4.69, 9.17) is 9.47 Å². The van der Waals surface area contributed by atoms with E-state index in [1.54, 1.807) is 39.3 Å². The molecule has 7 heteroatoms. The van der Waals surface area contributed by atoms with Crippen LogP contribution in [0.4, 0.5) is 0 Å². The van der Waals surface area contributed by atoms with Gasteiger partial charge in [0.25, 0.3) is 0 Å². The number of hydrogen-bond donors (Lipinski definition) is 2. The van der Waals surface area contributed by atoms with Crippen LogP contribution in [-0.2, 0) is 16.1 Å². The summed E-state index contributed by atoms with van der Waals surface area (Å²) in [4.78, 5) is 11.2. The van der Waals surface area contributed by atoms with E-state index in [9.17, 15) is 9.82 Å². The minimum absolute atomic E-state index is 0.416. The van der Waals surface area contributed by atoms with Gasteiger partial charge in [0.1, 0.15) is 0 Å². The Morgan fingerprint density at radius 3 is 2.43 bits per heavy atom. The highest BCUT2D eigenvalue weighted by molar-refractivity contribution is 6.45. The summed E-state index contributed by atoms with van der Waals surface area (Å²) in [5, 5.41) is 12.2. The maximum Gasteiger partial charge on any atom is 0.373 e. The van der Waals surface area contributed by atoms with E-state index < -0.39 is 13.0 Å². The van der Waals surface area contributed by atoms with Gasteiger partial charge in [0.2, 0.25) is 0 Å². The summed E-state index contributed by atoms with van der Waals surface area (Å²) < 4.78 is 15.1. The number of benzene rings is 1. The number of hydrogen-bond acceptors (Lipinski definition) is 6. The molecule has 0 saturated heterocycles. The van der Waals surface area contributed by atoms with Gasteiger partial charge in [-0.15, -0.1) is 0 Å². The monoisotopic (exact) mass is 293 g/mol. The lowest BCUT2D eigenvalue weighted by Gasteiger charge is -2.14. The first-order valence-electron chi connectivity index (χ1n) is 6.44. The molecule has 21 heavy (non-hydrogen) atoms. The number of esters is 1. The van der Waals surface area contributed by atoms with Crippen LogP contribution in [0.15, 0.2) is 18.2 Å². The quantitative estimate of drug-likeness (QED) is 0.445. The predicted octanol–water partition coefficient (Wildman–Crippen LogP) is 1.09. The first-order chi connectivity index (χ1) is 10.0. The van der Waals surface area contributed by atoms with Crippen molar-refractivity contribution >= 4 is 19.1 Å². The normalized spacial score (nSPS) is 10.5. The molecule has 114 valence electrons. The molecule has 0 atom stereocenters. The Labute approximate surface area is 124 Å². The van der Waals surface area contributed by atoms with Crippen molar-refractivity contribution in [1.82, 2.24) is 5.23 Å². The molecule has 0 saturated carbocycles. The smallest absolute Gasteiger partial charge is 0.373 e. The van der Waals surface area contributed by atoms with E-state index in [0.29, 0.717) is 18.0 Å². The second-order valence-corrected chi connectivity index (χ2v) is 4.32. The van der Waals surface area contributed by atoms with Gasteiger partial charge < -0.3 is 24.5 Å². The maximum absolute atomic E-state index is 11.2. The molecule has 0 amide bonds. The minimum Gasteiger partial charge on any atom is -0.493 e. The number of carbonyl (C=O) groups excluding carboxylic acids is 1. The molecule has 0 heterocycles. The van der Waals surface area contributed by atoms with Crippen LogP contribution in [0.3, 0.4) is 0 Å². The average Bonchev–Trinajstić information content (AvgIpc) is 2.49. The molecule has 0 aliphatic rings. The van der Waals surface area contributed by atoms with Crippen molar-refractivity contribution in [1.29, 1.82) is 0 Å². The van der Waals surface area contributed by atoms with Crippen LogP contribution >= 0.6 is 0 Å². The zero-order chi connectivity index (χ0) is 15.8. The van der Waals surface area contributed by atoms with Crippen molar-refractivity contribution in [3.63, 3.8) is 0 Å². The maximum atomic E-state index is 11.2. The summed E-state index contributed by atoms with van der Waals surface area (Å²) in [5.74, 6) is 0.692. The van der Waals surface area contributed by atoms with Crippen molar-refractivity contribution in [2.75, 3.05) is 21.3 Å². The SMILES string of the molecule is COC(=O)/C=C/c1cc(OC)c(OC)cc1CNB(C)O. The average molecular weight is 293 g/mol. The Morgan fingerprint density at radius 2 is 1.90 bits per heavy atom.